The van der Waals surface area contributed by atoms with Crippen molar-refractivity contribution in [2.75, 3.05) is 0 Å². The van der Waals surface area contributed by atoms with Crippen LogP contribution >= 0.6 is 0 Å². The van der Waals surface area contributed by atoms with Crippen LogP contribution in [0.5, 0.6) is 0 Å². The Morgan fingerprint density at radius 2 is 1.80 bits per heavy atom. The molecule has 3 N–H and O–H groups in total. The van der Waals surface area contributed by atoms with Crippen molar-refractivity contribution in [3.63, 3.8) is 0 Å². The summed E-state index contributed by atoms with van der Waals surface area (Å²) in [5, 5.41) is 25.2. The molecular formula is C4H8GeO5. The SMILES string of the molecule is O=C(O)C[C](O)([GeH3])C(=O)O. The zero-order valence-corrected chi connectivity index (χ0v) is 9.56. The molecule has 0 bridgehead atoms. The molecule has 0 fully saturated rings. The zero-order chi connectivity index (χ0) is 8.36. The van der Waals surface area contributed by atoms with Gasteiger partial charge in [0.05, 0.1) is 0 Å². The van der Waals surface area contributed by atoms with Crippen molar-refractivity contribution in [2.45, 2.75) is 10.9 Å². The number of carbonyl (C=O) groups is 2. The molecule has 0 radical (unpaired) electrons. The number of carboxylic acids is 2. The van der Waals surface area contributed by atoms with Gasteiger partial charge in [0.1, 0.15) is 0 Å². The molecule has 1 unspecified atom stereocenters. The predicted molar refractivity (Wildman–Crippen MR) is 34.8 cm³/mol. The van der Waals surface area contributed by atoms with E-state index in [0.29, 0.717) is 0 Å². The first kappa shape index (κ1) is 9.44. The number of rotatable bonds is 3. The van der Waals surface area contributed by atoms with E-state index >= 15 is 0 Å². The number of aliphatic carboxylic acids is 2. The number of aliphatic hydroxyl groups is 1. The van der Waals surface area contributed by atoms with Gasteiger partial charge in [-0.05, 0) is 0 Å². The van der Waals surface area contributed by atoms with Gasteiger partial charge in [-0.15, -0.1) is 0 Å². The Labute approximate surface area is 64.9 Å². The molecular weight excluding hydrogens is 201 g/mol. The first-order valence-electron chi connectivity index (χ1n) is 2.54. The molecule has 10 heavy (non-hydrogen) atoms. The summed E-state index contributed by atoms with van der Waals surface area (Å²) >= 11 is -0.454. The Kier molecular flexibility index (Phi) is 2.85. The third-order valence-corrected chi connectivity index (χ3v) is 2.60. The molecule has 0 rings (SSSR count). The quantitative estimate of drug-likeness (QED) is 0.450. The molecule has 0 saturated carbocycles. The molecule has 6 heteroatoms. The number of carboxylic acid groups (broad SMARTS) is 2. The van der Waals surface area contributed by atoms with Crippen LogP contribution in [0.25, 0.3) is 0 Å². The molecule has 0 aliphatic rings. The molecule has 0 aromatic heterocycles. The summed E-state index contributed by atoms with van der Waals surface area (Å²) in [6, 6.07) is 0. The first-order chi connectivity index (χ1) is 4.36. The zero-order valence-electron chi connectivity index (χ0n) is 5.37. The van der Waals surface area contributed by atoms with Crippen LogP contribution in [0.3, 0.4) is 0 Å². The molecule has 0 aromatic rings. The van der Waals surface area contributed by atoms with E-state index in [1.54, 1.807) is 0 Å². The fourth-order valence-electron chi connectivity index (χ4n) is 0.370. The van der Waals surface area contributed by atoms with Crippen LogP contribution in [0.15, 0.2) is 0 Å². The monoisotopic (exact) mass is 210 g/mol. The minimum atomic E-state index is -1.97. The van der Waals surface area contributed by atoms with Gasteiger partial charge in [-0.1, -0.05) is 0 Å². The molecule has 58 valence electrons. The van der Waals surface area contributed by atoms with Gasteiger partial charge in [-0.2, -0.15) is 0 Å². The molecule has 0 amide bonds. The van der Waals surface area contributed by atoms with Crippen molar-refractivity contribution < 1.29 is 24.9 Å². The van der Waals surface area contributed by atoms with Crippen molar-refractivity contribution in [1.29, 1.82) is 0 Å². The summed E-state index contributed by atoms with van der Waals surface area (Å²) in [5.41, 5.74) is 0. The minimum absolute atomic E-state index is 0.454. The molecule has 1 atom stereocenters. The van der Waals surface area contributed by atoms with Crippen molar-refractivity contribution in [1.82, 2.24) is 0 Å². The Morgan fingerprint density at radius 3 is 1.90 bits per heavy atom. The Morgan fingerprint density at radius 1 is 1.40 bits per heavy atom. The number of hydrogen-bond donors (Lipinski definition) is 3. The average Bonchev–Trinajstić information content (AvgIpc) is 1.60. The van der Waals surface area contributed by atoms with Gasteiger partial charge in [0, 0.05) is 0 Å². The van der Waals surface area contributed by atoms with Crippen molar-refractivity contribution in [3.8, 4) is 0 Å². The first-order valence-corrected chi connectivity index (χ1v) is 4.63. The Balaban J connectivity index is 4.13. The molecule has 0 aromatic carbocycles. The van der Waals surface area contributed by atoms with Crippen LogP contribution in [-0.2, 0) is 9.59 Å². The van der Waals surface area contributed by atoms with E-state index in [-0.39, 0.29) is 0 Å². The maximum atomic E-state index is 10.1. The summed E-state index contributed by atoms with van der Waals surface area (Å²) in [7, 11) is 0. The van der Waals surface area contributed by atoms with Crippen molar-refractivity contribution in [3.05, 3.63) is 0 Å². The normalized spacial score (nSPS) is 16.1. The van der Waals surface area contributed by atoms with E-state index in [1.165, 1.54) is 0 Å². The number of hydrogen-bond acceptors (Lipinski definition) is 3. The van der Waals surface area contributed by atoms with Crippen LogP contribution in [0.4, 0.5) is 0 Å². The van der Waals surface area contributed by atoms with E-state index in [4.69, 9.17) is 15.3 Å². The van der Waals surface area contributed by atoms with Crippen LogP contribution in [-0.4, -0.2) is 48.2 Å². The topological polar surface area (TPSA) is 94.8 Å². The van der Waals surface area contributed by atoms with E-state index in [2.05, 4.69) is 0 Å². The van der Waals surface area contributed by atoms with E-state index in [9.17, 15) is 9.59 Å². The molecule has 0 spiro atoms. The van der Waals surface area contributed by atoms with E-state index in [0.717, 1.165) is 0 Å². The second-order valence-corrected chi connectivity index (χ2v) is 5.62. The molecule has 5 nitrogen and oxygen atoms in total. The maximum absolute atomic E-state index is 10.1. The second-order valence-electron chi connectivity index (χ2n) is 2.15. The average molecular weight is 209 g/mol. The fourth-order valence-corrected chi connectivity index (χ4v) is 1.00. The van der Waals surface area contributed by atoms with Gasteiger partial charge in [0.25, 0.3) is 0 Å². The van der Waals surface area contributed by atoms with Gasteiger partial charge in [0.15, 0.2) is 0 Å². The van der Waals surface area contributed by atoms with Gasteiger partial charge in [0.2, 0.25) is 0 Å². The molecule has 0 heterocycles. The Hall–Kier alpha value is -0.557. The van der Waals surface area contributed by atoms with Gasteiger partial charge >= 0.3 is 64.2 Å². The third kappa shape index (κ3) is 2.83. The summed E-state index contributed by atoms with van der Waals surface area (Å²) in [4.78, 5) is 20.0. The predicted octanol–water partition coefficient (Wildman–Crippen LogP) is -2.40. The van der Waals surface area contributed by atoms with Crippen LogP contribution in [0.2, 0.25) is 0 Å². The molecule has 0 aliphatic heterocycles. The van der Waals surface area contributed by atoms with Crippen molar-refractivity contribution >= 4 is 28.5 Å². The van der Waals surface area contributed by atoms with Crippen LogP contribution in [0, 0.1) is 0 Å². The van der Waals surface area contributed by atoms with Gasteiger partial charge < -0.3 is 0 Å². The van der Waals surface area contributed by atoms with Gasteiger partial charge in [-0.25, -0.2) is 0 Å². The van der Waals surface area contributed by atoms with E-state index < -0.39 is 39.3 Å². The second kappa shape index (κ2) is 3.02. The Bertz CT molecular complexity index is 163. The summed E-state index contributed by atoms with van der Waals surface area (Å²) in [6.07, 6.45) is -0.706. The fraction of sp³-hybridized carbons (Fsp3) is 0.500. The molecule has 0 saturated heterocycles. The van der Waals surface area contributed by atoms with Gasteiger partial charge in [-0.3, -0.25) is 0 Å². The van der Waals surface area contributed by atoms with Crippen LogP contribution in [0.1, 0.15) is 6.42 Å². The summed E-state index contributed by atoms with van der Waals surface area (Å²) in [6.45, 7) is 0. The molecule has 0 aliphatic carbocycles. The third-order valence-electron chi connectivity index (χ3n) is 0.956. The summed E-state index contributed by atoms with van der Waals surface area (Å²) in [5.74, 6) is -2.74. The van der Waals surface area contributed by atoms with Crippen molar-refractivity contribution in [2.24, 2.45) is 0 Å². The summed E-state index contributed by atoms with van der Waals surface area (Å²) < 4.78 is -1.97. The standard InChI is InChI=1S/C4H8GeO5/c5-4(10,3(8)9)1-2(6)7/h10H,1H2,5H3,(H,6,7)(H,8,9). The van der Waals surface area contributed by atoms with Crippen LogP contribution < -0.4 is 0 Å². The van der Waals surface area contributed by atoms with E-state index in [1.807, 2.05) is 0 Å².